The number of ketones is 2. The highest BCUT2D eigenvalue weighted by Gasteiger charge is 2.38. The molecule has 0 spiro atoms. The third kappa shape index (κ3) is 7.94. The summed E-state index contributed by atoms with van der Waals surface area (Å²) in [6.45, 7) is 0.536. The average molecular weight is 683 g/mol. The van der Waals surface area contributed by atoms with Gasteiger partial charge < -0.3 is 53.2 Å². The van der Waals surface area contributed by atoms with Crippen LogP contribution in [-0.2, 0) is 22.4 Å². The van der Waals surface area contributed by atoms with Crippen molar-refractivity contribution >= 4 is 34.8 Å². The standard InChI is InChI=1S/C36H38N6O8/c37-23(17-19-1-5-21(43)6-2-19)35(49)41-15-13-39-25-9-10-26(30-29(25)33(47)31-27(45)11-12-28(46)32(31)34(30)48)40-14-16-42-36(50)24(38)18-20-3-7-22(44)8-4-20/h1-12,23-24,39-40,43-46H,13-18,37-38H2,(H,41,49)(H,42,50)/t23-,24-/m0/s1. The molecule has 0 aromatic heterocycles. The number of anilines is 2. The largest absolute Gasteiger partial charge is 0.508 e. The van der Waals surface area contributed by atoms with Crippen molar-refractivity contribution in [2.45, 2.75) is 24.9 Å². The Morgan fingerprint density at radius 2 is 0.880 bits per heavy atom. The zero-order valence-corrected chi connectivity index (χ0v) is 26.9. The maximum Gasteiger partial charge on any atom is 0.237 e. The Hall–Kier alpha value is -6.12. The van der Waals surface area contributed by atoms with Gasteiger partial charge in [0.2, 0.25) is 23.4 Å². The van der Waals surface area contributed by atoms with E-state index in [1.54, 1.807) is 36.4 Å². The summed E-state index contributed by atoms with van der Waals surface area (Å²) in [7, 11) is 0. The Morgan fingerprint density at radius 1 is 0.520 bits per heavy atom. The van der Waals surface area contributed by atoms with E-state index in [9.17, 15) is 39.6 Å². The van der Waals surface area contributed by atoms with Crippen LogP contribution in [0.4, 0.5) is 11.4 Å². The molecule has 1 aliphatic rings. The Bertz CT molecular complexity index is 1780. The summed E-state index contributed by atoms with van der Waals surface area (Å²) < 4.78 is 0. The van der Waals surface area contributed by atoms with Crippen LogP contribution >= 0.6 is 0 Å². The lowest BCUT2D eigenvalue weighted by molar-refractivity contribution is -0.123. The molecule has 12 N–H and O–H groups in total. The van der Waals surface area contributed by atoms with Gasteiger partial charge in [-0.05, 0) is 72.5 Å². The molecule has 0 aliphatic heterocycles. The number of carbonyl (C=O) groups is 4. The highest BCUT2D eigenvalue weighted by molar-refractivity contribution is 6.33. The van der Waals surface area contributed by atoms with E-state index in [1.165, 1.54) is 24.3 Å². The van der Waals surface area contributed by atoms with Crippen molar-refractivity contribution in [1.82, 2.24) is 10.6 Å². The number of aromatic hydroxyl groups is 4. The first-order valence-corrected chi connectivity index (χ1v) is 15.9. The number of fused-ring (bicyclic) bond motifs is 2. The third-order valence-corrected chi connectivity index (χ3v) is 8.21. The van der Waals surface area contributed by atoms with Gasteiger partial charge >= 0.3 is 0 Å². The van der Waals surface area contributed by atoms with Gasteiger partial charge in [0.05, 0.1) is 34.3 Å². The second-order valence-electron chi connectivity index (χ2n) is 11.8. The molecule has 0 radical (unpaired) electrons. The number of nitrogens with one attached hydrogen (secondary N) is 4. The van der Waals surface area contributed by atoms with Gasteiger partial charge in [-0.15, -0.1) is 0 Å². The lowest BCUT2D eigenvalue weighted by atomic mass is 9.81. The van der Waals surface area contributed by atoms with Crippen LogP contribution in [0.5, 0.6) is 23.0 Å². The number of hydrogen-bond acceptors (Lipinski definition) is 12. The van der Waals surface area contributed by atoms with Crippen molar-refractivity contribution in [2.24, 2.45) is 11.5 Å². The van der Waals surface area contributed by atoms with E-state index in [-0.39, 0.29) is 84.1 Å². The van der Waals surface area contributed by atoms with E-state index in [0.717, 1.165) is 23.3 Å². The van der Waals surface area contributed by atoms with E-state index in [4.69, 9.17) is 11.5 Å². The SMILES string of the molecule is N[C@@H](Cc1ccc(O)cc1)C(=O)NCCNc1ccc(NCCNC(=O)[C@@H](N)Cc2ccc(O)cc2)c2c1C(=O)c1c(O)ccc(O)c1C2=O. The molecule has 0 heterocycles. The summed E-state index contributed by atoms with van der Waals surface area (Å²) in [5.74, 6) is -2.92. The Labute approximate surface area is 287 Å². The topological polar surface area (TPSA) is 249 Å². The molecule has 50 heavy (non-hydrogen) atoms. The second kappa shape index (κ2) is 15.4. The van der Waals surface area contributed by atoms with Gasteiger partial charge in [0, 0.05) is 37.6 Å². The van der Waals surface area contributed by atoms with Gasteiger partial charge in [-0.2, -0.15) is 0 Å². The molecular weight excluding hydrogens is 644 g/mol. The molecule has 0 unspecified atom stereocenters. The molecule has 260 valence electrons. The van der Waals surface area contributed by atoms with Crippen LogP contribution in [0.3, 0.4) is 0 Å². The van der Waals surface area contributed by atoms with Gasteiger partial charge in [0.1, 0.15) is 23.0 Å². The molecule has 0 saturated carbocycles. The van der Waals surface area contributed by atoms with Gasteiger partial charge in [0.15, 0.2) is 0 Å². The van der Waals surface area contributed by atoms with Crippen molar-refractivity contribution < 1.29 is 39.6 Å². The number of hydrogen-bond donors (Lipinski definition) is 10. The van der Waals surface area contributed by atoms with Crippen LogP contribution in [-0.4, -0.2) is 82.1 Å². The highest BCUT2D eigenvalue weighted by atomic mass is 16.3. The van der Waals surface area contributed by atoms with E-state index >= 15 is 0 Å². The van der Waals surface area contributed by atoms with Crippen molar-refractivity contribution in [1.29, 1.82) is 0 Å². The molecular formula is C36H38N6O8. The minimum Gasteiger partial charge on any atom is -0.508 e. The molecule has 2 atom stereocenters. The Kier molecular flexibility index (Phi) is 10.8. The van der Waals surface area contributed by atoms with Crippen molar-refractivity contribution in [3.63, 3.8) is 0 Å². The monoisotopic (exact) mass is 682 g/mol. The fraction of sp³-hybridized carbons (Fsp3) is 0.222. The van der Waals surface area contributed by atoms with Crippen molar-refractivity contribution in [3.05, 3.63) is 106 Å². The Morgan fingerprint density at radius 3 is 1.24 bits per heavy atom. The second-order valence-corrected chi connectivity index (χ2v) is 11.8. The van der Waals surface area contributed by atoms with E-state index in [0.29, 0.717) is 0 Å². The zero-order chi connectivity index (χ0) is 35.9. The van der Waals surface area contributed by atoms with Gasteiger partial charge in [-0.1, -0.05) is 24.3 Å². The molecule has 14 nitrogen and oxygen atoms in total. The van der Waals surface area contributed by atoms with Crippen LogP contribution in [0, 0.1) is 0 Å². The minimum absolute atomic E-state index is 0.0382. The van der Waals surface area contributed by atoms with Crippen LogP contribution in [0.15, 0.2) is 72.8 Å². The number of rotatable bonds is 14. The smallest absolute Gasteiger partial charge is 0.237 e. The fourth-order valence-electron chi connectivity index (χ4n) is 5.64. The van der Waals surface area contributed by atoms with Gasteiger partial charge in [-0.25, -0.2) is 0 Å². The molecule has 2 amide bonds. The lowest BCUT2D eigenvalue weighted by Crippen LogP contribution is -2.43. The summed E-state index contributed by atoms with van der Waals surface area (Å²) in [5, 5.41) is 51.5. The van der Waals surface area contributed by atoms with Gasteiger partial charge in [0.25, 0.3) is 0 Å². The number of carbonyl (C=O) groups excluding carboxylic acids is 4. The minimum atomic E-state index is -0.844. The van der Waals surface area contributed by atoms with E-state index in [1.807, 2.05) is 0 Å². The zero-order valence-electron chi connectivity index (χ0n) is 26.9. The molecule has 0 saturated heterocycles. The fourth-order valence-corrected chi connectivity index (χ4v) is 5.64. The predicted molar refractivity (Wildman–Crippen MR) is 186 cm³/mol. The molecule has 4 aromatic carbocycles. The summed E-state index contributed by atoms with van der Waals surface area (Å²) in [6, 6.07) is 16.4. The summed E-state index contributed by atoms with van der Waals surface area (Å²) in [6.07, 6.45) is 0.508. The number of benzene rings is 4. The summed E-state index contributed by atoms with van der Waals surface area (Å²) >= 11 is 0. The third-order valence-electron chi connectivity index (χ3n) is 8.21. The molecule has 0 fully saturated rings. The number of nitrogens with two attached hydrogens (primary N) is 2. The molecule has 14 heteroatoms. The van der Waals surface area contributed by atoms with Crippen molar-refractivity contribution in [2.75, 3.05) is 36.8 Å². The van der Waals surface area contributed by atoms with Crippen LogP contribution in [0.25, 0.3) is 0 Å². The Balaban J connectivity index is 1.25. The van der Waals surface area contributed by atoms with Crippen molar-refractivity contribution in [3.8, 4) is 23.0 Å². The highest BCUT2D eigenvalue weighted by Crippen LogP contribution is 2.42. The van der Waals surface area contributed by atoms with Gasteiger partial charge in [-0.3, -0.25) is 19.2 Å². The average Bonchev–Trinajstić information content (AvgIpc) is 3.10. The molecule has 1 aliphatic carbocycles. The molecule has 0 bridgehead atoms. The van der Waals surface area contributed by atoms with Crippen LogP contribution in [0.2, 0.25) is 0 Å². The first kappa shape index (κ1) is 35.2. The normalized spacial score (nSPS) is 13.1. The maximum atomic E-state index is 13.8. The van der Waals surface area contributed by atoms with Crippen LogP contribution in [0.1, 0.15) is 43.0 Å². The number of phenolic OH excluding ortho intramolecular Hbond substituents is 4. The lowest BCUT2D eigenvalue weighted by Gasteiger charge is -2.25. The number of amides is 2. The summed E-state index contributed by atoms with van der Waals surface area (Å²) in [5.41, 5.74) is 13.4. The van der Waals surface area contributed by atoms with Crippen LogP contribution < -0.4 is 32.7 Å². The first-order chi connectivity index (χ1) is 23.9. The summed E-state index contributed by atoms with van der Waals surface area (Å²) in [4.78, 5) is 52.8. The predicted octanol–water partition coefficient (Wildman–Crippen LogP) is 1.48. The number of phenols is 4. The molecule has 5 rings (SSSR count). The van der Waals surface area contributed by atoms with E-state index in [2.05, 4.69) is 21.3 Å². The first-order valence-electron chi connectivity index (χ1n) is 15.9. The van der Waals surface area contributed by atoms with E-state index < -0.39 is 47.0 Å². The maximum absolute atomic E-state index is 13.8. The quantitative estimate of drug-likeness (QED) is 0.0591. The molecule has 4 aromatic rings.